The van der Waals surface area contributed by atoms with Gasteiger partial charge in [-0.2, -0.15) is 4.98 Å². The molecule has 0 saturated carbocycles. The molecule has 3 rings (SSSR count). The number of aromatic nitrogens is 2. The molecule has 0 aliphatic rings. The lowest BCUT2D eigenvalue weighted by Crippen LogP contribution is -2.00. The summed E-state index contributed by atoms with van der Waals surface area (Å²) in [5, 5.41) is 0.528. The van der Waals surface area contributed by atoms with Crippen molar-refractivity contribution < 1.29 is 13.9 Å². The monoisotopic (exact) mass is 298 g/mol. The molecule has 1 aromatic heterocycles. The quantitative estimate of drug-likeness (QED) is 0.737. The van der Waals surface area contributed by atoms with Crippen molar-refractivity contribution in [2.45, 2.75) is 13.5 Å². The Morgan fingerprint density at radius 1 is 1.18 bits per heavy atom. The fourth-order valence-electron chi connectivity index (χ4n) is 2.19. The Balaban J connectivity index is 2.00. The molecule has 2 aromatic carbocycles. The molecule has 0 unspecified atom stereocenters. The maximum atomic E-state index is 14.3. The van der Waals surface area contributed by atoms with Gasteiger partial charge in [0.2, 0.25) is 0 Å². The first-order valence-corrected chi connectivity index (χ1v) is 6.85. The third kappa shape index (κ3) is 2.70. The van der Waals surface area contributed by atoms with E-state index in [4.69, 9.17) is 9.47 Å². The number of fused-ring (bicyclic) bond motifs is 1. The molecule has 22 heavy (non-hydrogen) atoms. The summed E-state index contributed by atoms with van der Waals surface area (Å²) in [6.07, 6.45) is 1.52. The molecule has 0 atom stereocenters. The summed E-state index contributed by atoms with van der Waals surface area (Å²) >= 11 is 0. The predicted molar refractivity (Wildman–Crippen MR) is 81.6 cm³/mol. The lowest BCUT2D eigenvalue weighted by Gasteiger charge is -2.11. The molecule has 0 saturated heterocycles. The number of hydrogen-bond donors (Lipinski definition) is 0. The van der Waals surface area contributed by atoms with Crippen LogP contribution in [0.1, 0.15) is 11.1 Å². The summed E-state index contributed by atoms with van der Waals surface area (Å²) < 4.78 is 25.0. The van der Waals surface area contributed by atoms with Crippen LogP contribution in [-0.4, -0.2) is 17.1 Å². The molecule has 0 fully saturated rings. The van der Waals surface area contributed by atoms with Crippen molar-refractivity contribution >= 4 is 10.9 Å². The second kappa shape index (κ2) is 5.97. The molecule has 0 radical (unpaired) electrons. The van der Waals surface area contributed by atoms with E-state index in [1.54, 1.807) is 13.0 Å². The highest BCUT2D eigenvalue weighted by atomic mass is 19.1. The van der Waals surface area contributed by atoms with E-state index < -0.39 is 0 Å². The standard InChI is InChI=1S/C17H15FN2O2/c1-11-8-14(22-10-12-6-4-3-5-7-12)13-9-19-17(21-2)20-16(13)15(11)18/h3-9H,10H2,1-2H3. The van der Waals surface area contributed by atoms with Gasteiger partial charge in [0.1, 0.15) is 17.9 Å². The Kier molecular flexibility index (Phi) is 3.87. The average Bonchev–Trinajstić information content (AvgIpc) is 2.57. The first-order valence-electron chi connectivity index (χ1n) is 6.85. The minimum Gasteiger partial charge on any atom is -0.488 e. The SMILES string of the molecule is COc1ncc2c(OCc3ccccc3)cc(C)c(F)c2n1. The van der Waals surface area contributed by atoms with Crippen LogP contribution in [0.4, 0.5) is 4.39 Å². The third-order valence-corrected chi connectivity index (χ3v) is 3.35. The van der Waals surface area contributed by atoms with Crippen molar-refractivity contribution in [3.05, 3.63) is 59.5 Å². The number of halogens is 1. The van der Waals surface area contributed by atoms with Crippen LogP contribution < -0.4 is 9.47 Å². The first-order chi connectivity index (χ1) is 10.7. The fourth-order valence-corrected chi connectivity index (χ4v) is 2.19. The molecular formula is C17H15FN2O2. The van der Waals surface area contributed by atoms with Gasteiger partial charge in [0.25, 0.3) is 0 Å². The van der Waals surface area contributed by atoms with Crippen LogP contribution in [0.25, 0.3) is 10.9 Å². The van der Waals surface area contributed by atoms with Gasteiger partial charge in [0.15, 0.2) is 5.82 Å². The normalized spacial score (nSPS) is 10.7. The highest BCUT2D eigenvalue weighted by Gasteiger charge is 2.14. The maximum Gasteiger partial charge on any atom is 0.316 e. The maximum absolute atomic E-state index is 14.3. The van der Waals surface area contributed by atoms with Gasteiger partial charge in [-0.1, -0.05) is 30.3 Å². The van der Waals surface area contributed by atoms with Gasteiger partial charge in [-0.3, -0.25) is 0 Å². The van der Waals surface area contributed by atoms with Crippen molar-refractivity contribution in [1.82, 2.24) is 9.97 Å². The minimum absolute atomic E-state index is 0.131. The summed E-state index contributed by atoms with van der Waals surface area (Å²) in [7, 11) is 1.45. The highest BCUT2D eigenvalue weighted by molar-refractivity contribution is 5.86. The molecule has 0 aliphatic heterocycles. The number of rotatable bonds is 4. The molecule has 112 valence electrons. The summed E-state index contributed by atoms with van der Waals surface area (Å²) in [4.78, 5) is 8.11. The number of methoxy groups -OCH3 is 1. The second-order valence-corrected chi connectivity index (χ2v) is 4.90. The molecular weight excluding hydrogens is 283 g/mol. The topological polar surface area (TPSA) is 44.2 Å². The molecule has 1 heterocycles. The number of ether oxygens (including phenoxy) is 2. The van der Waals surface area contributed by atoms with Crippen molar-refractivity contribution in [2.24, 2.45) is 0 Å². The summed E-state index contributed by atoms with van der Waals surface area (Å²) in [6.45, 7) is 2.08. The van der Waals surface area contributed by atoms with E-state index in [-0.39, 0.29) is 17.3 Å². The second-order valence-electron chi connectivity index (χ2n) is 4.90. The van der Waals surface area contributed by atoms with Crippen molar-refractivity contribution in [2.75, 3.05) is 7.11 Å². The average molecular weight is 298 g/mol. The first kappa shape index (κ1) is 14.3. The van der Waals surface area contributed by atoms with E-state index in [2.05, 4.69) is 9.97 Å². The fraction of sp³-hybridized carbons (Fsp3) is 0.176. The molecule has 0 bridgehead atoms. The van der Waals surface area contributed by atoms with Gasteiger partial charge in [-0.05, 0) is 24.1 Å². The summed E-state index contributed by atoms with van der Waals surface area (Å²) in [5.41, 5.74) is 1.71. The van der Waals surface area contributed by atoms with Crippen LogP contribution in [0.2, 0.25) is 0 Å². The van der Waals surface area contributed by atoms with E-state index in [1.807, 2.05) is 30.3 Å². The van der Waals surface area contributed by atoms with Crippen LogP contribution in [-0.2, 0) is 6.61 Å². The Hall–Kier alpha value is -2.69. The zero-order chi connectivity index (χ0) is 15.5. The molecule has 4 nitrogen and oxygen atoms in total. The number of nitrogens with zero attached hydrogens (tertiary/aromatic N) is 2. The molecule has 0 amide bonds. The Bertz CT molecular complexity index is 807. The zero-order valence-electron chi connectivity index (χ0n) is 12.3. The van der Waals surface area contributed by atoms with Crippen molar-refractivity contribution in [3.63, 3.8) is 0 Å². The molecule has 0 aliphatic carbocycles. The Labute approximate surface area is 127 Å². The Morgan fingerprint density at radius 3 is 2.68 bits per heavy atom. The van der Waals surface area contributed by atoms with E-state index >= 15 is 0 Å². The van der Waals surface area contributed by atoms with Crippen LogP contribution in [0.5, 0.6) is 11.8 Å². The highest BCUT2D eigenvalue weighted by Crippen LogP contribution is 2.30. The number of hydrogen-bond acceptors (Lipinski definition) is 4. The van der Waals surface area contributed by atoms with Crippen molar-refractivity contribution in [3.8, 4) is 11.8 Å². The molecule has 3 aromatic rings. The lowest BCUT2D eigenvalue weighted by atomic mass is 10.1. The molecule has 0 spiro atoms. The van der Waals surface area contributed by atoms with E-state index in [9.17, 15) is 4.39 Å². The molecule has 0 N–H and O–H groups in total. The zero-order valence-corrected chi connectivity index (χ0v) is 12.3. The van der Waals surface area contributed by atoms with Crippen LogP contribution >= 0.6 is 0 Å². The number of benzene rings is 2. The van der Waals surface area contributed by atoms with Gasteiger partial charge in [-0.15, -0.1) is 0 Å². The van der Waals surface area contributed by atoms with Crippen LogP contribution in [0.15, 0.2) is 42.6 Å². The summed E-state index contributed by atoms with van der Waals surface area (Å²) in [5.74, 6) is 0.170. The summed E-state index contributed by atoms with van der Waals surface area (Å²) in [6, 6.07) is 11.6. The third-order valence-electron chi connectivity index (χ3n) is 3.35. The largest absolute Gasteiger partial charge is 0.488 e. The van der Waals surface area contributed by atoms with Gasteiger partial charge in [0.05, 0.1) is 12.5 Å². The van der Waals surface area contributed by atoms with Gasteiger partial charge < -0.3 is 9.47 Å². The Morgan fingerprint density at radius 2 is 1.95 bits per heavy atom. The van der Waals surface area contributed by atoms with E-state index in [0.29, 0.717) is 23.3 Å². The van der Waals surface area contributed by atoms with Crippen molar-refractivity contribution in [1.29, 1.82) is 0 Å². The lowest BCUT2D eigenvalue weighted by molar-refractivity contribution is 0.309. The van der Waals surface area contributed by atoms with Gasteiger partial charge in [-0.25, -0.2) is 9.37 Å². The predicted octanol–water partition coefficient (Wildman–Crippen LogP) is 3.66. The van der Waals surface area contributed by atoms with Gasteiger partial charge >= 0.3 is 6.01 Å². The van der Waals surface area contributed by atoms with Gasteiger partial charge in [0, 0.05) is 6.20 Å². The van der Waals surface area contributed by atoms with Crippen LogP contribution in [0, 0.1) is 12.7 Å². The van der Waals surface area contributed by atoms with E-state index in [0.717, 1.165) is 5.56 Å². The minimum atomic E-state index is -0.386. The number of aryl methyl sites for hydroxylation is 1. The molecule has 5 heteroatoms. The van der Waals surface area contributed by atoms with Crippen LogP contribution in [0.3, 0.4) is 0 Å². The smallest absolute Gasteiger partial charge is 0.316 e. The van der Waals surface area contributed by atoms with E-state index in [1.165, 1.54) is 13.3 Å².